The van der Waals surface area contributed by atoms with Crippen molar-refractivity contribution in [3.63, 3.8) is 0 Å². The summed E-state index contributed by atoms with van der Waals surface area (Å²) in [5.41, 5.74) is 2.39. The summed E-state index contributed by atoms with van der Waals surface area (Å²) in [4.78, 5) is 14.3. The molecular weight excluding hydrogens is 375 g/mol. The van der Waals surface area contributed by atoms with Crippen LogP contribution in [-0.4, -0.2) is 21.9 Å². The molecule has 4 heteroatoms. The van der Waals surface area contributed by atoms with E-state index in [0.29, 0.717) is 18.5 Å². The number of rotatable bonds is 3. The summed E-state index contributed by atoms with van der Waals surface area (Å²) in [6, 6.07) is 9.68. The Morgan fingerprint density at radius 3 is 2.71 bits per heavy atom. The highest BCUT2D eigenvalue weighted by molar-refractivity contribution is 14.1. The average Bonchev–Trinajstić information content (AvgIpc) is 2.45. The normalized spacial score (nSPS) is 31.5. The molecule has 2 aliphatic rings. The zero-order valence-electron chi connectivity index (χ0n) is 12.7. The third-order valence-corrected chi connectivity index (χ3v) is 5.69. The van der Waals surface area contributed by atoms with Crippen LogP contribution >= 0.6 is 22.6 Å². The third kappa shape index (κ3) is 2.97. The number of hydrogen-bond donors (Lipinski definition) is 1. The molecular formula is C17H23IN2O. The molecule has 114 valence electrons. The van der Waals surface area contributed by atoms with Crippen LogP contribution in [0.2, 0.25) is 0 Å². The first kappa shape index (κ1) is 15.3. The van der Waals surface area contributed by atoms with Gasteiger partial charge in [0.05, 0.1) is 0 Å². The number of nitrogens with one attached hydrogen (secondary N) is 1. The molecule has 1 N–H and O–H groups in total. The molecule has 2 atom stereocenters. The van der Waals surface area contributed by atoms with Gasteiger partial charge in [0.1, 0.15) is 0 Å². The summed E-state index contributed by atoms with van der Waals surface area (Å²) >= 11 is 2.53. The number of hydrogen-bond acceptors (Lipinski definition) is 2. The number of alkyl halides is 1. The van der Waals surface area contributed by atoms with E-state index in [1.165, 1.54) is 18.4 Å². The van der Waals surface area contributed by atoms with Gasteiger partial charge < -0.3 is 10.2 Å². The van der Waals surface area contributed by atoms with Crippen LogP contribution in [0.25, 0.3) is 0 Å². The lowest BCUT2D eigenvalue weighted by atomic mass is 9.87. The molecule has 1 aromatic carbocycles. The highest BCUT2D eigenvalue weighted by Crippen LogP contribution is 2.39. The molecule has 3 rings (SSSR count). The fourth-order valence-corrected chi connectivity index (χ4v) is 4.72. The molecule has 1 aromatic rings. The van der Waals surface area contributed by atoms with E-state index in [2.05, 4.69) is 53.0 Å². The standard InChI is InChI=1S/C17H23IN2O/c1-3-17(21)20-11(2)8-15(19-13-9-12(18)10-13)14-6-4-5-7-16(14)20/h4-7,11-13,15,19H,3,8-10H2,1-2H3/t11?,12-,13-,15?. The van der Waals surface area contributed by atoms with E-state index in [4.69, 9.17) is 0 Å². The number of halogens is 1. The summed E-state index contributed by atoms with van der Waals surface area (Å²) in [5, 5.41) is 3.81. The van der Waals surface area contributed by atoms with Gasteiger partial charge in [0.25, 0.3) is 0 Å². The van der Waals surface area contributed by atoms with Gasteiger partial charge in [-0.05, 0) is 37.8 Å². The molecule has 2 unspecified atom stereocenters. The largest absolute Gasteiger partial charge is 0.309 e. The number of nitrogens with zero attached hydrogens (tertiary/aromatic N) is 1. The SMILES string of the molecule is CCC(=O)N1c2ccccc2C(N[C@H]2C[C@H](I)C2)CC1C. The molecule has 0 radical (unpaired) electrons. The summed E-state index contributed by atoms with van der Waals surface area (Å²) in [7, 11) is 0. The molecule has 21 heavy (non-hydrogen) atoms. The molecule has 1 fully saturated rings. The van der Waals surface area contributed by atoms with Gasteiger partial charge >= 0.3 is 0 Å². The lowest BCUT2D eigenvalue weighted by Crippen LogP contribution is -2.49. The van der Waals surface area contributed by atoms with Gasteiger partial charge in [-0.2, -0.15) is 0 Å². The van der Waals surface area contributed by atoms with Crippen molar-refractivity contribution in [2.75, 3.05) is 4.90 Å². The van der Waals surface area contributed by atoms with Crippen molar-refractivity contribution < 1.29 is 4.79 Å². The fourth-order valence-electron chi connectivity index (χ4n) is 3.49. The molecule has 1 heterocycles. The van der Waals surface area contributed by atoms with E-state index in [1.807, 2.05) is 17.9 Å². The van der Waals surface area contributed by atoms with Crippen molar-refractivity contribution >= 4 is 34.2 Å². The predicted molar refractivity (Wildman–Crippen MR) is 95.0 cm³/mol. The quantitative estimate of drug-likeness (QED) is 0.620. The summed E-state index contributed by atoms with van der Waals surface area (Å²) in [6.07, 6.45) is 4.11. The zero-order valence-corrected chi connectivity index (χ0v) is 14.8. The van der Waals surface area contributed by atoms with Crippen LogP contribution in [0.5, 0.6) is 0 Å². The Labute approximate surface area is 140 Å². The van der Waals surface area contributed by atoms with Crippen LogP contribution in [0.1, 0.15) is 51.1 Å². The maximum Gasteiger partial charge on any atom is 0.226 e. The number of fused-ring (bicyclic) bond motifs is 1. The van der Waals surface area contributed by atoms with Gasteiger partial charge in [-0.3, -0.25) is 4.79 Å². The number of carbonyl (C=O) groups is 1. The highest BCUT2D eigenvalue weighted by atomic mass is 127. The summed E-state index contributed by atoms with van der Waals surface area (Å²) < 4.78 is 0.828. The molecule has 0 saturated heterocycles. The van der Waals surface area contributed by atoms with Gasteiger partial charge in [-0.25, -0.2) is 0 Å². The topological polar surface area (TPSA) is 32.3 Å². The van der Waals surface area contributed by atoms with E-state index in [-0.39, 0.29) is 11.9 Å². The van der Waals surface area contributed by atoms with Crippen molar-refractivity contribution in [2.45, 2.75) is 61.6 Å². The van der Waals surface area contributed by atoms with E-state index in [0.717, 1.165) is 16.0 Å². The molecule has 0 spiro atoms. The number of benzene rings is 1. The van der Waals surface area contributed by atoms with Crippen LogP contribution in [0.3, 0.4) is 0 Å². The second-order valence-electron chi connectivity index (χ2n) is 6.25. The molecule has 1 aliphatic carbocycles. The fraction of sp³-hybridized carbons (Fsp3) is 0.588. The van der Waals surface area contributed by atoms with Crippen molar-refractivity contribution in [3.8, 4) is 0 Å². The zero-order chi connectivity index (χ0) is 15.0. The van der Waals surface area contributed by atoms with Crippen molar-refractivity contribution in [2.24, 2.45) is 0 Å². The van der Waals surface area contributed by atoms with Crippen molar-refractivity contribution in [3.05, 3.63) is 29.8 Å². The van der Waals surface area contributed by atoms with Gasteiger partial charge in [0.15, 0.2) is 0 Å². The van der Waals surface area contributed by atoms with Crippen LogP contribution in [0, 0.1) is 0 Å². The second kappa shape index (κ2) is 6.24. The maximum atomic E-state index is 12.3. The first-order valence-electron chi connectivity index (χ1n) is 7.91. The molecule has 0 bridgehead atoms. The third-order valence-electron chi connectivity index (χ3n) is 4.68. The Bertz CT molecular complexity index is 527. The molecule has 1 aliphatic heterocycles. The Morgan fingerprint density at radius 1 is 1.33 bits per heavy atom. The van der Waals surface area contributed by atoms with Crippen LogP contribution in [0.4, 0.5) is 5.69 Å². The van der Waals surface area contributed by atoms with Gasteiger partial charge in [-0.1, -0.05) is 47.7 Å². The monoisotopic (exact) mass is 398 g/mol. The number of anilines is 1. The summed E-state index contributed by atoms with van der Waals surface area (Å²) in [6.45, 7) is 4.11. The van der Waals surface area contributed by atoms with Gasteiger partial charge in [0.2, 0.25) is 5.91 Å². The minimum atomic E-state index is 0.226. The maximum absolute atomic E-state index is 12.3. The van der Waals surface area contributed by atoms with Crippen LogP contribution in [-0.2, 0) is 4.79 Å². The number of para-hydroxylation sites is 1. The average molecular weight is 398 g/mol. The van der Waals surface area contributed by atoms with Crippen molar-refractivity contribution in [1.82, 2.24) is 5.32 Å². The first-order chi connectivity index (χ1) is 10.1. The highest BCUT2D eigenvalue weighted by Gasteiger charge is 2.36. The minimum absolute atomic E-state index is 0.226. The first-order valence-corrected chi connectivity index (χ1v) is 9.15. The molecule has 3 nitrogen and oxygen atoms in total. The Morgan fingerprint density at radius 2 is 2.05 bits per heavy atom. The molecule has 0 aromatic heterocycles. The Kier molecular flexibility index (Phi) is 4.54. The number of amides is 1. The van der Waals surface area contributed by atoms with Crippen molar-refractivity contribution in [1.29, 1.82) is 0 Å². The smallest absolute Gasteiger partial charge is 0.226 e. The summed E-state index contributed by atoms with van der Waals surface area (Å²) in [5.74, 6) is 0.226. The van der Waals surface area contributed by atoms with Gasteiger partial charge in [-0.15, -0.1) is 0 Å². The lowest BCUT2D eigenvalue weighted by molar-refractivity contribution is -0.118. The van der Waals surface area contributed by atoms with E-state index >= 15 is 0 Å². The second-order valence-corrected chi connectivity index (χ2v) is 8.01. The number of carbonyl (C=O) groups excluding carboxylic acids is 1. The molecule has 1 amide bonds. The van der Waals surface area contributed by atoms with E-state index in [9.17, 15) is 4.79 Å². The van der Waals surface area contributed by atoms with Gasteiger partial charge in [0, 0.05) is 34.2 Å². The lowest BCUT2D eigenvalue weighted by Gasteiger charge is -2.43. The van der Waals surface area contributed by atoms with E-state index < -0.39 is 0 Å². The minimum Gasteiger partial charge on any atom is -0.309 e. The molecule has 1 saturated carbocycles. The van der Waals surface area contributed by atoms with Crippen LogP contribution in [0.15, 0.2) is 24.3 Å². The van der Waals surface area contributed by atoms with E-state index in [1.54, 1.807) is 0 Å². The Balaban J connectivity index is 1.85. The van der Waals surface area contributed by atoms with Crippen LogP contribution < -0.4 is 10.2 Å². The Hall–Kier alpha value is -0.620. The predicted octanol–water partition coefficient (Wildman–Crippen LogP) is 3.82.